The first-order valence-electron chi connectivity index (χ1n) is 7.47. The first-order valence-corrected chi connectivity index (χ1v) is 7.47. The van der Waals surface area contributed by atoms with Gasteiger partial charge in [-0.3, -0.25) is 4.99 Å². The fraction of sp³-hybridized carbons (Fsp3) is 0.929. The average molecular weight is 412 g/mol. The molecule has 124 valence electrons. The van der Waals surface area contributed by atoms with Gasteiger partial charge in [-0.1, -0.05) is 0 Å². The third-order valence-electron chi connectivity index (χ3n) is 4.04. The molecule has 0 bridgehead atoms. The fourth-order valence-electron chi connectivity index (χ4n) is 2.96. The minimum absolute atomic E-state index is 0. The number of aliphatic imine (C=N–C) groups is 1. The fourth-order valence-corrected chi connectivity index (χ4v) is 2.96. The number of methoxy groups -OCH3 is 1. The van der Waals surface area contributed by atoms with Gasteiger partial charge >= 0.3 is 0 Å². The summed E-state index contributed by atoms with van der Waals surface area (Å²) in [6.07, 6.45) is 1.42. The van der Waals surface area contributed by atoms with Crippen molar-refractivity contribution in [3.05, 3.63) is 0 Å². The Bertz CT molecular complexity index is 328. The molecule has 7 heteroatoms. The maximum Gasteiger partial charge on any atom is 0.193 e. The molecule has 21 heavy (non-hydrogen) atoms. The van der Waals surface area contributed by atoms with E-state index < -0.39 is 0 Å². The van der Waals surface area contributed by atoms with Crippen LogP contribution in [0.15, 0.2) is 4.99 Å². The Morgan fingerprint density at radius 2 is 2.19 bits per heavy atom. The monoisotopic (exact) mass is 412 g/mol. The number of nitrogens with zero attached hydrogens (tertiary/aromatic N) is 3. The molecule has 2 fully saturated rings. The number of guanidine groups is 1. The third-order valence-corrected chi connectivity index (χ3v) is 4.04. The van der Waals surface area contributed by atoms with Gasteiger partial charge in [-0.2, -0.15) is 0 Å². The smallest absolute Gasteiger partial charge is 0.193 e. The molecule has 0 radical (unpaired) electrons. The molecule has 2 atom stereocenters. The summed E-state index contributed by atoms with van der Waals surface area (Å²) in [5.41, 5.74) is 0. The van der Waals surface area contributed by atoms with Crippen molar-refractivity contribution in [3.63, 3.8) is 0 Å². The maximum atomic E-state index is 5.68. The van der Waals surface area contributed by atoms with Gasteiger partial charge in [0, 0.05) is 40.3 Å². The van der Waals surface area contributed by atoms with Gasteiger partial charge in [0.15, 0.2) is 5.96 Å². The largest absolute Gasteiger partial charge is 0.382 e. The second-order valence-electron chi connectivity index (χ2n) is 5.74. The summed E-state index contributed by atoms with van der Waals surface area (Å²) in [6, 6.07) is 0. The van der Waals surface area contributed by atoms with Crippen LogP contribution in [0.4, 0.5) is 0 Å². The van der Waals surface area contributed by atoms with Gasteiger partial charge in [0.2, 0.25) is 0 Å². The van der Waals surface area contributed by atoms with E-state index in [1.807, 2.05) is 7.05 Å². The molecule has 2 saturated heterocycles. The molecular weight excluding hydrogens is 383 g/mol. The first kappa shape index (κ1) is 18.9. The molecular formula is C14H29IN4O2. The molecule has 1 N–H and O–H groups in total. The van der Waals surface area contributed by atoms with Gasteiger partial charge in [0.05, 0.1) is 19.3 Å². The SMILES string of the molecule is CN=C(NCC1CCN(C)C1)N1CCOC(COC)C1.I. The Hall–Kier alpha value is -0.120. The number of morpholine rings is 1. The minimum atomic E-state index is 0. The second kappa shape index (κ2) is 9.81. The van der Waals surface area contributed by atoms with E-state index in [0.717, 1.165) is 38.1 Å². The van der Waals surface area contributed by atoms with E-state index in [9.17, 15) is 0 Å². The van der Waals surface area contributed by atoms with Crippen molar-refractivity contribution in [1.29, 1.82) is 0 Å². The van der Waals surface area contributed by atoms with Crippen LogP contribution in [0.1, 0.15) is 6.42 Å². The number of rotatable bonds is 4. The normalized spacial score (nSPS) is 27.6. The number of likely N-dealkylation sites (tertiary alicyclic amines) is 1. The van der Waals surface area contributed by atoms with Crippen molar-refractivity contribution in [1.82, 2.24) is 15.1 Å². The minimum Gasteiger partial charge on any atom is -0.382 e. The van der Waals surface area contributed by atoms with Gasteiger partial charge in [-0.25, -0.2) is 0 Å². The highest BCUT2D eigenvalue weighted by molar-refractivity contribution is 14.0. The van der Waals surface area contributed by atoms with E-state index in [2.05, 4.69) is 27.2 Å². The molecule has 0 aromatic heterocycles. The zero-order chi connectivity index (χ0) is 14.4. The zero-order valence-corrected chi connectivity index (χ0v) is 15.7. The Labute approximate surface area is 145 Å². The van der Waals surface area contributed by atoms with E-state index in [0.29, 0.717) is 6.61 Å². The number of nitrogens with one attached hydrogen (secondary N) is 1. The topological polar surface area (TPSA) is 49.3 Å². The van der Waals surface area contributed by atoms with Crippen LogP contribution in [0.2, 0.25) is 0 Å². The van der Waals surface area contributed by atoms with Gasteiger partial charge in [-0.05, 0) is 25.9 Å². The lowest BCUT2D eigenvalue weighted by Gasteiger charge is -2.35. The van der Waals surface area contributed by atoms with Crippen molar-refractivity contribution < 1.29 is 9.47 Å². The van der Waals surface area contributed by atoms with Crippen molar-refractivity contribution in [2.45, 2.75) is 12.5 Å². The zero-order valence-electron chi connectivity index (χ0n) is 13.4. The predicted octanol–water partition coefficient (Wildman–Crippen LogP) is 0.479. The lowest BCUT2D eigenvalue weighted by molar-refractivity contribution is -0.0447. The van der Waals surface area contributed by atoms with Crippen molar-refractivity contribution in [3.8, 4) is 0 Å². The number of hydrogen-bond donors (Lipinski definition) is 1. The van der Waals surface area contributed by atoms with Crippen LogP contribution < -0.4 is 5.32 Å². The molecule has 0 spiro atoms. The van der Waals surface area contributed by atoms with E-state index in [-0.39, 0.29) is 30.1 Å². The summed E-state index contributed by atoms with van der Waals surface area (Å²) in [5, 5.41) is 3.52. The molecule has 2 aliphatic rings. The van der Waals surface area contributed by atoms with E-state index >= 15 is 0 Å². The van der Waals surface area contributed by atoms with Gasteiger partial charge < -0.3 is 24.6 Å². The van der Waals surface area contributed by atoms with Crippen molar-refractivity contribution in [2.24, 2.45) is 10.9 Å². The Morgan fingerprint density at radius 3 is 2.81 bits per heavy atom. The molecule has 0 aromatic carbocycles. The number of ether oxygens (including phenoxy) is 2. The lowest BCUT2D eigenvalue weighted by atomic mass is 10.1. The molecule has 0 amide bonds. The van der Waals surface area contributed by atoms with Crippen LogP contribution in [0.3, 0.4) is 0 Å². The summed E-state index contributed by atoms with van der Waals surface area (Å²) in [6.45, 7) is 6.51. The molecule has 0 saturated carbocycles. The van der Waals surface area contributed by atoms with Gasteiger partial charge in [0.1, 0.15) is 0 Å². The standard InChI is InChI=1S/C14H28N4O2.HI/c1-15-14(16-8-12-4-5-17(2)9-12)18-6-7-20-13(10-18)11-19-3;/h12-13H,4-11H2,1-3H3,(H,15,16);1H. The molecule has 2 aliphatic heterocycles. The quantitative estimate of drug-likeness (QED) is 0.414. The Balaban J connectivity index is 0.00000220. The highest BCUT2D eigenvalue weighted by Crippen LogP contribution is 2.13. The Kier molecular flexibility index (Phi) is 8.84. The van der Waals surface area contributed by atoms with E-state index in [1.54, 1.807) is 7.11 Å². The molecule has 0 aromatic rings. The maximum absolute atomic E-state index is 5.68. The van der Waals surface area contributed by atoms with E-state index in [1.165, 1.54) is 19.5 Å². The van der Waals surface area contributed by atoms with Crippen molar-refractivity contribution in [2.75, 3.05) is 67.1 Å². The van der Waals surface area contributed by atoms with Crippen LogP contribution in [-0.2, 0) is 9.47 Å². The highest BCUT2D eigenvalue weighted by Gasteiger charge is 2.24. The molecule has 0 aliphatic carbocycles. The van der Waals surface area contributed by atoms with Crippen LogP contribution in [-0.4, -0.2) is 89.0 Å². The first-order chi connectivity index (χ1) is 9.72. The summed E-state index contributed by atoms with van der Waals surface area (Å²) < 4.78 is 10.9. The number of hydrogen-bond acceptors (Lipinski definition) is 4. The molecule has 2 rings (SSSR count). The number of halogens is 1. The van der Waals surface area contributed by atoms with Crippen molar-refractivity contribution >= 4 is 29.9 Å². The predicted molar refractivity (Wildman–Crippen MR) is 95.6 cm³/mol. The van der Waals surface area contributed by atoms with Crippen LogP contribution in [0, 0.1) is 5.92 Å². The summed E-state index contributed by atoms with van der Waals surface area (Å²) >= 11 is 0. The average Bonchev–Trinajstić information content (AvgIpc) is 2.86. The summed E-state index contributed by atoms with van der Waals surface area (Å²) in [7, 11) is 5.75. The molecule has 6 nitrogen and oxygen atoms in total. The second-order valence-corrected chi connectivity index (χ2v) is 5.74. The van der Waals surface area contributed by atoms with Crippen LogP contribution >= 0.6 is 24.0 Å². The highest BCUT2D eigenvalue weighted by atomic mass is 127. The lowest BCUT2D eigenvalue weighted by Crippen LogP contribution is -2.52. The van der Waals surface area contributed by atoms with Crippen LogP contribution in [0.5, 0.6) is 0 Å². The molecule has 2 unspecified atom stereocenters. The Morgan fingerprint density at radius 1 is 1.38 bits per heavy atom. The summed E-state index contributed by atoms with van der Waals surface area (Å²) in [4.78, 5) is 9.06. The molecule has 2 heterocycles. The third kappa shape index (κ3) is 5.88. The van der Waals surface area contributed by atoms with Gasteiger partial charge in [0.25, 0.3) is 0 Å². The summed E-state index contributed by atoms with van der Waals surface area (Å²) in [5.74, 6) is 1.72. The van der Waals surface area contributed by atoms with Gasteiger partial charge in [-0.15, -0.1) is 24.0 Å². The van der Waals surface area contributed by atoms with Crippen LogP contribution in [0.25, 0.3) is 0 Å². The van der Waals surface area contributed by atoms with E-state index in [4.69, 9.17) is 9.47 Å².